The van der Waals surface area contributed by atoms with Crippen LogP contribution in [0.2, 0.25) is 5.02 Å². The van der Waals surface area contributed by atoms with Crippen molar-refractivity contribution in [3.8, 4) is 0 Å². The summed E-state index contributed by atoms with van der Waals surface area (Å²) in [5, 5.41) is 3.82. The summed E-state index contributed by atoms with van der Waals surface area (Å²) >= 11 is 7.77. The van der Waals surface area contributed by atoms with Crippen molar-refractivity contribution in [2.75, 3.05) is 0 Å². The molecule has 0 bridgehead atoms. The van der Waals surface area contributed by atoms with Crippen LogP contribution in [0.25, 0.3) is 11.4 Å². The van der Waals surface area contributed by atoms with Gasteiger partial charge in [-0.05, 0) is 59.4 Å². The first-order valence-corrected chi connectivity index (χ1v) is 11.5. The molecule has 5 heteroatoms. The van der Waals surface area contributed by atoms with E-state index < -0.39 is 0 Å². The maximum atomic E-state index is 13.8. The van der Waals surface area contributed by atoms with E-state index in [0.717, 1.165) is 40.5 Å². The molecule has 2 nitrogen and oxygen atoms in total. The van der Waals surface area contributed by atoms with Gasteiger partial charge >= 0.3 is 0 Å². The predicted molar refractivity (Wildman–Crippen MR) is 127 cm³/mol. The molecular formula is C26H18ClFN2S. The highest BCUT2D eigenvalue weighted by Crippen LogP contribution is 2.51. The Morgan fingerprint density at radius 2 is 1.71 bits per heavy atom. The Labute approximate surface area is 189 Å². The number of halogens is 2. The van der Waals surface area contributed by atoms with Gasteiger partial charge in [-0.25, -0.2) is 9.38 Å². The summed E-state index contributed by atoms with van der Waals surface area (Å²) in [7, 11) is 0. The number of benzene rings is 3. The number of hydrogen-bond donors (Lipinski definition) is 0. The number of rotatable bonds is 2. The Hall–Kier alpha value is -2.82. The lowest BCUT2D eigenvalue weighted by atomic mass is 9.82. The molecule has 0 saturated carbocycles. The molecule has 0 fully saturated rings. The van der Waals surface area contributed by atoms with E-state index in [4.69, 9.17) is 16.6 Å². The maximum absolute atomic E-state index is 13.8. The SMILES string of the molecule is Fc1ccc([C@@H]2C3=C(N=C4SC=C(c5ccc(Cl)cc5)N42)c2ccccc2CC3)cc1. The molecule has 3 aromatic carbocycles. The number of fused-ring (bicyclic) bond motifs is 3. The van der Waals surface area contributed by atoms with Crippen LogP contribution < -0.4 is 0 Å². The number of hydrogen-bond acceptors (Lipinski definition) is 3. The van der Waals surface area contributed by atoms with Gasteiger partial charge in [-0.2, -0.15) is 0 Å². The van der Waals surface area contributed by atoms with Gasteiger partial charge in [0.25, 0.3) is 0 Å². The first-order valence-electron chi connectivity index (χ1n) is 10.3. The molecule has 0 saturated heterocycles. The van der Waals surface area contributed by atoms with E-state index in [1.807, 2.05) is 36.4 Å². The molecule has 0 N–H and O–H groups in total. The number of amidine groups is 1. The fraction of sp³-hybridized carbons (Fsp3) is 0.115. The van der Waals surface area contributed by atoms with E-state index in [0.29, 0.717) is 5.02 Å². The number of aliphatic imine (C=N–C) groups is 1. The molecular weight excluding hydrogens is 427 g/mol. The normalized spacial score (nSPS) is 19.4. The molecule has 2 heterocycles. The summed E-state index contributed by atoms with van der Waals surface area (Å²) in [5.74, 6) is -0.221. The van der Waals surface area contributed by atoms with E-state index in [1.165, 1.54) is 16.7 Å². The van der Waals surface area contributed by atoms with Gasteiger partial charge in [-0.15, -0.1) is 0 Å². The van der Waals surface area contributed by atoms with Gasteiger partial charge in [0.1, 0.15) is 5.82 Å². The van der Waals surface area contributed by atoms with Gasteiger partial charge in [0, 0.05) is 16.0 Å². The van der Waals surface area contributed by atoms with Crippen LogP contribution in [0.4, 0.5) is 4.39 Å². The van der Waals surface area contributed by atoms with Gasteiger partial charge in [0.15, 0.2) is 5.17 Å². The van der Waals surface area contributed by atoms with Crippen molar-refractivity contribution in [3.05, 3.63) is 117 Å². The van der Waals surface area contributed by atoms with Crippen LogP contribution in [-0.4, -0.2) is 10.1 Å². The van der Waals surface area contributed by atoms with Crippen LogP contribution in [-0.2, 0) is 6.42 Å². The lowest BCUT2D eigenvalue weighted by Gasteiger charge is -2.39. The summed E-state index contributed by atoms with van der Waals surface area (Å²) in [5.41, 5.74) is 8.17. The fourth-order valence-electron chi connectivity index (χ4n) is 4.66. The molecule has 0 radical (unpaired) electrons. The Kier molecular flexibility index (Phi) is 4.51. The van der Waals surface area contributed by atoms with E-state index >= 15 is 0 Å². The third-order valence-electron chi connectivity index (χ3n) is 6.10. The second-order valence-electron chi connectivity index (χ2n) is 7.88. The van der Waals surface area contributed by atoms with Crippen molar-refractivity contribution in [2.24, 2.45) is 4.99 Å². The third-order valence-corrected chi connectivity index (χ3v) is 7.20. The monoisotopic (exact) mass is 444 g/mol. The van der Waals surface area contributed by atoms with Gasteiger partial charge in [-0.3, -0.25) is 0 Å². The van der Waals surface area contributed by atoms with Gasteiger partial charge in [-0.1, -0.05) is 71.9 Å². The van der Waals surface area contributed by atoms with E-state index in [9.17, 15) is 4.39 Å². The predicted octanol–water partition coefficient (Wildman–Crippen LogP) is 7.29. The topological polar surface area (TPSA) is 15.6 Å². The van der Waals surface area contributed by atoms with E-state index in [1.54, 1.807) is 23.9 Å². The van der Waals surface area contributed by atoms with Crippen LogP contribution in [0.3, 0.4) is 0 Å². The van der Waals surface area contributed by atoms with Crippen molar-refractivity contribution in [2.45, 2.75) is 18.9 Å². The zero-order valence-electron chi connectivity index (χ0n) is 16.6. The first-order chi connectivity index (χ1) is 15.2. The van der Waals surface area contributed by atoms with Crippen molar-refractivity contribution in [1.82, 2.24) is 4.90 Å². The zero-order chi connectivity index (χ0) is 20.9. The van der Waals surface area contributed by atoms with Crippen LogP contribution in [0.1, 0.15) is 34.7 Å². The Morgan fingerprint density at radius 1 is 0.935 bits per heavy atom. The standard InChI is InChI=1S/C26H18ClFN2S/c27-19-10-5-17(6-11-19)23-15-31-26-29-24-21-4-2-1-3-16(21)9-14-22(24)25(30(23)26)18-7-12-20(28)13-8-18/h1-8,10-13,15,25H,9,14H2/t25-/m1/s1. The molecule has 1 aliphatic carbocycles. The molecule has 1 atom stereocenters. The number of nitrogens with zero attached hydrogens (tertiary/aromatic N) is 2. The smallest absolute Gasteiger partial charge is 0.174 e. The van der Waals surface area contributed by atoms with Crippen LogP contribution in [0.5, 0.6) is 0 Å². The van der Waals surface area contributed by atoms with E-state index in [2.05, 4.69) is 34.6 Å². The molecule has 3 aliphatic rings. The molecule has 6 rings (SSSR count). The summed E-state index contributed by atoms with van der Waals surface area (Å²) in [6.07, 6.45) is 1.92. The Bertz CT molecular complexity index is 1280. The second-order valence-corrected chi connectivity index (χ2v) is 9.15. The minimum atomic E-state index is -0.221. The summed E-state index contributed by atoms with van der Waals surface area (Å²) in [6.45, 7) is 0. The second kappa shape index (κ2) is 7.40. The fourth-order valence-corrected chi connectivity index (χ4v) is 5.71. The molecule has 2 aliphatic heterocycles. The van der Waals surface area contributed by atoms with Crippen molar-refractivity contribution >= 4 is 39.9 Å². The van der Waals surface area contributed by atoms with Crippen LogP contribution >= 0.6 is 23.4 Å². The van der Waals surface area contributed by atoms with Crippen molar-refractivity contribution < 1.29 is 4.39 Å². The highest BCUT2D eigenvalue weighted by Gasteiger charge is 2.40. The quantitative estimate of drug-likeness (QED) is 0.412. The molecule has 0 unspecified atom stereocenters. The Balaban J connectivity index is 1.53. The van der Waals surface area contributed by atoms with Gasteiger partial charge in [0.2, 0.25) is 0 Å². The lowest BCUT2D eigenvalue weighted by molar-refractivity contribution is 0.473. The van der Waals surface area contributed by atoms with E-state index in [-0.39, 0.29) is 11.9 Å². The summed E-state index contributed by atoms with van der Waals surface area (Å²) in [4.78, 5) is 7.43. The van der Waals surface area contributed by atoms with Gasteiger partial charge < -0.3 is 4.90 Å². The van der Waals surface area contributed by atoms with Crippen molar-refractivity contribution in [1.29, 1.82) is 0 Å². The summed E-state index contributed by atoms with van der Waals surface area (Å²) in [6, 6.07) is 23.3. The average Bonchev–Trinajstić information content (AvgIpc) is 3.22. The highest BCUT2D eigenvalue weighted by atomic mass is 35.5. The maximum Gasteiger partial charge on any atom is 0.174 e. The molecule has 0 spiro atoms. The first kappa shape index (κ1) is 18.9. The lowest BCUT2D eigenvalue weighted by Crippen LogP contribution is -2.34. The van der Waals surface area contributed by atoms with Gasteiger partial charge in [0.05, 0.1) is 17.4 Å². The minimum Gasteiger partial charge on any atom is -0.308 e. The van der Waals surface area contributed by atoms with Crippen LogP contribution in [0, 0.1) is 5.82 Å². The zero-order valence-corrected chi connectivity index (χ0v) is 18.1. The third kappa shape index (κ3) is 3.13. The molecule has 0 amide bonds. The molecule has 3 aromatic rings. The minimum absolute atomic E-state index is 0.0200. The largest absolute Gasteiger partial charge is 0.308 e. The Morgan fingerprint density at radius 3 is 2.52 bits per heavy atom. The average molecular weight is 445 g/mol. The number of thioether (sulfide) groups is 1. The summed E-state index contributed by atoms with van der Waals surface area (Å²) < 4.78 is 13.8. The number of aryl methyl sites for hydroxylation is 1. The molecule has 152 valence electrons. The van der Waals surface area contributed by atoms with Crippen LogP contribution in [0.15, 0.2) is 88.8 Å². The molecule has 31 heavy (non-hydrogen) atoms. The highest BCUT2D eigenvalue weighted by molar-refractivity contribution is 8.16. The van der Waals surface area contributed by atoms with Crippen molar-refractivity contribution in [3.63, 3.8) is 0 Å². The molecule has 0 aromatic heterocycles.